The Morgan fingerprint density at radius 2 is 1.95 bits per heavy atom. The standard InChI is InChI=1S/C13H27N3O2S/c1-3-14-10-12(2)19(17,18)16-9-6-13(11-16)15-7-4-5-8-15/h12-14H,3-11H2,1-2H3. The lowest BCUT2D eigenvalue weighted by Crippen LogP contribution is -2.43. The number of rotatable bonds is 6. The fourth-order valence-electron chi connectivity index (χ4n) is 3.05. The highest BCUT2D eigenvalue weighted by Crippen LogP contribution is 2.23. The van der Waals surface area contributed by atoms with Gasteiger partial charge in [0.2, 0.25) is 10.0 Å². The van der Waals surface area contributed by atoms with E-state index in [1.165, 1.54) is 12.8 Å². The summed E-state index contributed by atoms with van der Waals surface area (Å²) >= 11 is 0. The summed E-state index contributed by atoms with van der Waals surface area (Å²) in [6.07, 6.45) is 3.52. The van der Waals surface area contributed by atoms with Crippen LogP contribution in [-0.4, -0.2) is 68.2 Å². The van der Waals surface area contributed by atoms with Crippen molar-refractivity contribution in [1.82, 2.24) is 14.5 Å². The first-order chi connectivity index (χ1) is 9.05. The summed E-state index contributed by atoms with van der Waals surface area (Å²) in [5.74, 6) is 0. The highest BCUT2D eigenvalue weighted by Gasteiger charge is 2.37. The average molecular weight is 289 g/mol. The van der Waals surface area contributed by atoms with Crippen molar-refractivity contribution in [1.29, 1.82) is 0 Å². The monoisotopic (exact) mass is 289 g/mol. The van der Waals surface area contributed by atoms with Crippen LogP contribution in [0.4, 0.5) is 0 Å². The predicted octanol–water partition coefficient (Wildman–Crippen LogP) is 0.484. The second-order valence-electron chi connectivity index (χ2n) is 5.71. The lowest BCUT2D eigenvalue weighted by Gasteiger charge is -2.25. The molecule has 112 valence electrons. The Kier molecular flexibility index (Phi) is 5.22. The van der Waals surface area contributed by atoms with Gasteiger partial charge >= 0.3 is 0 Å². The molecule has 0 radical (unpaired) electrons. The van der Waals surface area contributed by atoms with Gasteiger partial charge in [0.1, 0.15) is 0 Å². The van der Waals surface area contributed by atoms with Crippen LogP contribution in [0.2, 0.25) is 0 Å². The Bertz CT molecular complexity index is 379. The van der Waals surface area contributed by atoms with Crippen molar-refractivity contribution in [3.63, 3.8) is 0 Å². The van der Waals surface area contributed by atoms with Gasteiger partial charge in [0.25, 0.3) is 0 Å². The molecule has 0 saturated carbocycles. The van der Waals surface area contributed by atoms with Crippen LogP contribution in [-0.2, 0) is 10.0 Å². The molecule has 2 aliphatic rings. The SMILES string of the molecule is CCNCC(C)S(=O)(=O)N1CCC(N2CCCC2)C1. The molecule has 0 bridgehead atoms. The molecule has 1 N–H and O–H groups in total. The number of hydrogen-bond acceptors (Lipinski definition) is 4. The number of nitrogens with one attached hydrogen (secondary N) is 1. The molecule has 0 aromatic carbocycles. The molecular weight excluding hydrogens is 262 g/mol. The van der Waals surface area contributed by atoms with Crippen LogP contribution in [0.15, 0.2) is 0 Å². The maximum atomic E-state index is 12.5. The van der Waals surface area contributed by atoms with E-state index in [4.69, 9.17) is 0 Å². The van der Waals surface area contributed by atoms with Crippen LogP contribution in [0.3, 0.4) is 0 Å². The minimum atomic E-state index is -3.13. The predicted molar refractivity (Wildman–Crippen MR) is 77.7 cm³/mol. The number of hydrogen-bond donors (Lipinski definition) is 1. The minimum absolute atomic E-state index is 0.329. The summed E-state index contributed by atoms with van der Waals surface area (Å²) in [6.45, 7) is 8.84. The van der Waals surface area contributed by atoms with Gasteiger partial charge in [0.05, 0.1) is 5.25 Å². The van der Waals surface area contributed by atoms with Gasteiger partial charge in [-0.15, -0.1) is 0 Å². The third-order valence-electron chi connectivity index (χ3n) is 4.33. The van der Waals surface area contributed by atoms with E-state index in [1.54, 1.807) is 11.2 Å². The van der Waals surface area contributed by atoms with Crippen LogP contribution in [0, 0.1) is 0 Å². The molecule has 0 aromatic heterocycles. The zero-order valence-corrected chi connectivity index (χ0v) is 13.0. The molecule has 0 aromatic rings. The first-order valence-electron chi connectivity index (χ1n) is 7.49. The maximum Gasteiger partial charge on any atom is 0.218 e. The Hall–Kier alpha value is -0.170. The smallest absolute Gasteiger partial charge is 0.218 e. The molecule has 2 fully saturated rings. The van der Waals surface area contributed by atoms with Gasteiger partial charge < -0.3 is 5.32 Å². The van der Waals surface area contributed by atoms with E-state index in [9.17, 15) is 8.42 Å². The summed E-state index contributed by atoms with van der Waals surface area (Å²) in [5, 5.41) is 2.80. The minimum Gasteiger partial charge on any atom is -0.316 e. The van der Waals surface area contributed by atoms with Crippen molar-refractivity contribution in [3.8, 4) is 0 Å². The number of sulfonamides is 1. The molecule has 2 saturated heterocycles. The molecule has 2 heterocycles. The van der Waals surface area contributed by atoms with Crippen molar-refractivity contribution in [2.24, 2.45) is 0 Å². The largest absolute Gasteiger partial charge is 0.316 e. The van der Waals surface area contributed by atoms with E-state index in [-0.39, 0.29) is 5.25 Å². The van der Waals surface area contributed by atoms with Crippen LogP contribution in [0.1, 0.15) is 33.1 Å². The molecule has 19 heavy (non-hydrogen) atoms. The van der Waals surface area contributed by atoms with Crippen molar-refractivity contribution >= 4 is 10.0 Å². The Morgan fingerprint density at radius 1 is 1.26 bits per heavy atom. The second kappa shape index (κ2) is 6.52. The number of nitrogens with zero attached hydrogens (tertiary/aromatic N) is 2. The fraction of sp³-hybridized carbons (Fsp3) is 1.00. The first-order valence-corrected chi connectivity index (χ1v) is 8.99. The van der Waals surface area contributed by atoms with Gasteiger partial charge in [-0.2, -0.15) is 0 Å². The normalized spacial score (nSPS) is 28.0. The molecule has 0 spiro atoms. The van der Waals surface area contributed by atoms with Crippen molar-refractivity contribution in [2.45, 2.75) is 44.4 Å². The van der Waals surface area contributed by atoms with Crippen LogP contribution >= 0.6 is 0 Å². The summed E-state index contributed by atoms with van der Waals surface area (Å²) in [4.78, 5) is 2.46. The quantitative estimate of drug-likeness (QED) is 0.773. The number of likely N-dealkylation sites (tertiary alicyclic amines) is 1. The van der Waals surface area contributed by atoms with Crippen molar-refractivity contribution < 1.29 is 8.42 Å². The summed E-state index contributed by atoms with van der Waals surface area (Å²) in [6, 6.07) is 0.448. The molecule has 2 unspecified atom stereocenters. The third kappa shape index (κ3) is 3.48. The van der Waals surface area contributed by atoms with Gasteiger partial charge in [0, 0.05) is 25.7 Å². The topological polar surface area (TPSA) is 52.7 Å². The summed E-state index contributed by atoms with van der Waals surface area (Å²) in [5.41, 5.74) is 0. The van der Waals surface area contributed by atoms with Crippen LogP contribution in [0.25, 0.3) is 0 Å². The van der Waals surface area contributed by atoms with E-state index in [1.807, 2.05) is 6.92 Å². The Labute approximate surface area is 117 Å². The highest BCUT2D eigenvalue weighted by molar-refractivity contribution is 7.89. The molecule has 2 rings (SSSR count). The summed E-state index contributed by atoms with van der Waals surface area (Å²) in [7, 11) is -3.13. The Morgan fingerprint density at radius 3 is 2.58 bits per heavy atom. The van der Waals surface area contributed by atoms with E-state index >= 15 is 0 Å². The van der Waals surface area contributed by atoms with E-state index in [0.29, 0.717) is 25.7 Å². The zero-order valence-electron chi connectivity index (χ0n) is 12.1. The van der Waals surface area contributed by atoms with E-state index < -0.39 is 10.0 Å². The van der Waals surface area contributed by atoms with Gasteiger partial charge in [-0.25, -0.2) is 12.7 Å². The van der Waals surface area contributed by atoms with Crippen molar-refractivity contribution in [3.05, 3.63) is 0 Å². The third-order valence-corrected chi connectivity index (χ3v) is 6.57. The van der Waals surface area contributed by atoms with Crippen molar-refractivity contribution in [2.75, 3.05) is 39.3 Å². The maximum absolute atomic E-state index is 12.5. The van der Waals surface area contributed by atoms with Crippen LogP contribution in [0.5, 0.6) is 0 Å². The highest BCUT2D eigenvalue weighted by atomic mass is 32.2. The van der Waals surface area contributed by atoms with Crippen LogP contribution < -0.4 is 5.32 Å². The second-order valence-corrected chi connectivity index (χ2v) is 8.06. The Balaban J connectivity index is 1.91. The van der Waals surface area contributed by atoms with E-state index in [0.717, 1.165) is 26.1 Å². The molecule has 6 heteroatoms. The molecule has 0 amide bonds. The fourth-order valence-corrected chi connectivity index (χ4v) is 4.63. The molecule has 2 aliphatic heterocycles. The van der Waals surface area contributed by atoms with Gasteiger partial charge in [-0.05, 0) is 45.8 Å². The van der Waals surface area contributed by atoms with Gasteiger partial charge in [0.15, 0.2) is 0 Å². The molecule has 0 aliphatic carbocycles. The van der Waals surface area contributed by atoms with E-state index in [2.05, 4.69) is 10.2 Å². The zero-order chi connectivity index (χ0) is 13.9. The molecule has 5 nitrogen and oxygen atoms in total. The molecule has 2 atom stereocenters. The summed E-state index contributed by atoms with van der Waals surface area (Å²) < 4.78 is 26.6. The first kappa shape index (κ1) is 15.2. The average Bonchev–Trinajstić information content (AvgIpc) is 3.04. The van der Waals surface area contributed by atoms with Gasteiger partial charge in [-0.3, -0.25) is 4.90 Å². The van der Waals surface area contributed by atoms with Gasteiger partial charge in [-0.1, -0.05) is 6.92 Å². The lowest BCUT2D eigenvalue weighted by atomic mass is 10.2. The lowest BCUT2D eigenvalue weighted by molar-refractivity contribution is 0.250. The molecular formula is C13H27N3O2S.